The molecule has 1 aliphatic heterocycles. The van der Waals surface area contributed by atoms with Gasteiger partial charge in [-0.3, -0.25) is 4.79 Å². The summed E-state index contributed by atoms with van der Waals surface area (Å²) in [5.74, 6) is 1.91. The number of amides is 3. The standard InChI is InChI=1S/C16H23N3O3S/c1-11-9-12(15(20)17-6-7-22-2)3-4-14(11)19-16(21)18-13-5-8-23-10-13/h3-4,9,13H,5-8,10H2,1-2H3,(H,17,20)(H2,18,19,21). The average molecular weight is 337 g/mol. The average Bonchev–Trinajstić information content (AvgIpc) is 3.02. The first-order valence-corrected chi connectivity index (χ1v) is 8.78. The normalized spacial score (nSPS) is 16.9. The van der Waals surface area contributed by atoms with Crippen LogP contribution in [0.15, 0.2) is 18.2 Å². The zero-order chi connectivity index (χ0) is 16.7. The first-order valence-electron chi connectivity index (χ1n) is 7.63. The van der Waals surface area contributed by atoms with Crippen LogP contribution in [0.25, 0.3) is 0 Å². The van der Waals surface area contributed by atoms with E-state index < -0.39 is 0 Å². The van der Waals surface area contributed by atoms with Gasteiger partial charge in [0.05, 0.1) is 6.61 Å². The molecule has 1 unspecified atom stereocenters. The molecule has 0 aliphatic carbocycles. The highest BCUT2D eigenvalue weighted by Crippen LogP contribution is 2.19. The van der Waals surface area contributed by atoms with Crippen LogP contribution in [-0.2, 0) is 4.74 Å². The summed E-state index contributed by atoms with van der Waals surface area (Å²) in [5.41, 5.74) is 2.12. The number of benzene rings is 1. The van der Waals surface area contributed by atoms with Crippen LogP contribution in [0.5, 0.6) is 0 Å². The van der Waals surface area contributed by atoms with Crippen molar-refractivity contribution in [3.05, 3.63) is 29.3 Å². The fraction of sp³-hybridized carbons (Fsp3) is 0.500. The molecular weight excluding hydrogens is 314 g/mol. The molecule has 3 amide bonds. The van der Waals surface area contributed by atoms with Crippen molar-refractivity contribution in [3.63, 3.8) is 0 Å². The number of nitrogens with one attached hydrogen (secondary N) is 3. The summed E-state index contributed by atoms with van der Waals surface area (Å²) in [4.78, 5) is 24.0. The fourth-order valence-corrected chi connectivity index (χ4v) is 3.46. The van der Waals surface area contributed by atoms with Gasteiger partial charge in [0.1, 0.15) is 0 Å². The predicted octanol–water partition coefficient (Wildman–Crippen LogP) is 2.00. The molecule has 0 bridgehead atoms. The number of thioether (sulfide) groups is 1. The van der Waals surface area contributed by atoms with E-state index in [1.165, 1.54) is 0 Å². The Morgan fingerprint density at radius 2 is 2.22 bits per heavy atom. The van der Waals surface area contributed by atoms with Crippen LogP contribution >= 0.6 is 11.8 Å². The number of anilines is 1. The molecule has 1 fully saturated rings. The molecule has 1 saturated heterocycles. The van der Waals surface area contributed by atoms with Crippen LogP contribution in [0.2, 0.25) is 0 Å². The highest BCUT2D eigenvalue weighted by Gasteiger charge is 2.18. The van der Waals surface area contributed by atoms with Gasteiger partial charge in [-0.2, -0.15) is 11.8 Å². The van der Waals surface area contributed by atoms with Gasteiger partial charge >= 0.3 is 6.03 Å². The molecule has 1 aromatic carbocycles. The lowest BCUT2D eigenvalue weighted by Crippen LogP contribution is -2.38. The topological polar surface area (TPSA) is 79.5 Å². The zero-order valence-corrected chi connectivity index (χ0v) is 14.3. The summed E-state index contributed by atoms with van der Waals surface area (Å²) >= 11 is 1.85. The van der Waals surface area contributed by atoms with Crippen LogP contribution in [0.1, 0.15) is 22.3 Å². The van der Waals surface area contributed by atoms with Crippen molar-refractivity contribution < 1.29 is 14.3 Å². The molecule has 0 radical (unpaired) electrons. The quantitative estimate of drug-likeness (QED) is 0.694. The highest BCUT2D eigenvalue weighted by atomic mass is 32.2. The molecule has 0 saturated carbocycles. The van der Waals surface area contributed by atoms with Crippen LogP contribution in [-0.4, -0.2) is 49.7 Å². The number of hydrogen-bond donors (Lipinski definition) is 3. The smallest absolute Gasteiger partial charge is 0.319 e. The zero-order valence-electron chi connectivity index (χ0n) is 13.5. The molecule has 1 aromatic rings. The first-order chi connectivity index (χ1) is 11.1. The van der Waals surface area contributed by atoms with Crippen molar-refractivity contribution in [2.75, 3.05) is 37.1 Å². The number of carbonyl (C=O) groups is 2. The molecule has 0 spiro atoms. The van der Waals surface area contributed by atoms with E-state index in [0.717, 1.165) is 23.5 Å². The van der Waals surface area contributed by atoms with Gasteiger partial charge in [0.25, 0.3) is 5.91 Å². The van der Waals surface area contributed by atoms with Gasteiger partial charge in [-0.25, -0.2) is 4.79 Å². The van der Waals surface area contributed by atoms with E-state index in [0.29, 0.717) is 24.4 Å². The summed E-state index contributed by atoms with van der Waals surface area (Å²) < 4.78 is 4.90. The van der Waals surface area contributed by atoms with Gasteiger partial charge in [0.2, 0.25) is 0 Å². The second kappa shape index (κ2) is 8.79. The molecule has 6 nitrogen and oxygen atoms in total. The predicted molar refractivity (Wildman–Crippen MR) is 93.3 cm³/mol. The lowest BCUT2D eigenvalue weighted by molar-refractivity contribution is 0.0937. The van der Waals surface area contributed by atoms with E-state index in [1.54, 1.807) is 25.3 Å². The number of aryl methyl sites for hydroxylation is 1. The highest BCUT2D eigenvalue weighted by molar-refractivity contribution is 7.99. The summed E-state index contributed by atoms with van der Waals surface area (Å²) in [6.07, 6.45) is 1.01. The molecule has 126 valence electrons. The Bertz CT molecular complexity index is 560. The maximum Gasteiger partial charge on any atom is 0.319 e. The van der Waals surface area contributed by atoms with E-state index >= 15 is 0 Å². The SMILES string of the molecule is COCCNC(=O)c1ccc(NC(=O)NC2CCSC2)c(C)c1. The van der Waals surface area contributed by atoms with Crippen LogP contribution < -0.4 is 16.0 Å². The summed E-state index contributed by atoms with van der Waals surface area (Å²) in [5, 5.41) is 8.58. The molecule has 1 heterocycles. The molecule has 3 N–H and O–H groups in total. The third kappa shape index (κ3) is 5.44. The number of hydrogen-bond acceptors (Lipinski definition) is 4. The van der Waals surface area contributed by atoms with E-state index in [4.69, 9.17) is 4.74 Å². The van der Waals surface area contributed by atoms with Gasteiger partial charge < -0.3 is 20.7 Å². The van der Waals surface area contributed by atoms with E-state index in [2.05, 4.69) is 16.0 Å². The number of rotatable bonds is 6. The van der Waals surface area contributed by atoms with Crippen LogP contribution in [0.4, 0.5) is 10.5 Å². The van der Waals surface area contributed by atoms with E-state index in [9.17, 15) is 9.59 Å². The third-order valence-electron chi connectivity index (χ3n) is 3.59. The van der Waals surface area contributed by atoms with Crippen molar-refractivity contribution >= 4 is 29.4 Å². The number of carbonyl (C=O) groups excluding carboxylic acids is 2. The lowest BCUT2D eigenvalue weighted by atomic mass is 10.1. The Morgan fingerprint density at radius 3 is 2.87 bits per heavy atom. The van der Waals surface area contributed by atoms with Gasteiger partial charge in [0, 0.05) is 36.7 Å². The maximum absolute atomic E-state index is 12.0. The summed E-state index contributed by atoms with van der Waals surface area (Å²) in [6.45, 7) is 2.81. The Balaban J connectivity index is 1.90. The minimum absolute atomic E-state index is 0.149. The van der Waals surface area contributed by atoms with Crippen LogP contribution in [0, 0.1) is 6.92 Å². The second-order valence-electron chi connectivity index (χ2n) is 5.44. The molecule has 0 aromatic heterocycles. The minimum Gasteiger partial charge on any atom is -0.383 e. The summed E-state index contributed by atoms with van der Waals surface area (Å²) in [6, 6.07) is 5.27. The Morgan fingerprint density at radius 1 is 1.39 bits per heavy atom. The largest absolute Gasteiger partial charge is 0.383 e. The van der Waals surface area contributed by atoms with E-state index in [1.807, 2.05) is 18.7 Å². The van der Waals surface area contributed by atoms with Crippen molar-refractivity contribution in [2.24, 2.45) is 0 Å². The van der Waals surface area contributed by atoms with Gasteiger partial charge in [-0.1, -0.05) is 0 Å². The maximum atomic E-state index is 12.0. The second-order valence-corrected chi connectivity index (χ2v) is 6.59. The van der Waals surface area contributed by atoms with Crippen molar-refractivity contribution in [1.82, 2.24) is 10.6 Å². The number of methoxy groups -OCH3 is 1. The van der Waals surface area contributed by atoms with E-state index in [-0.39, 0.29) is 18.0 Å². The van der Waals surface area contributed by atoms with Gasteiger partial charge in [0.15, 0.2) is 0 Å². The monoisotopic (exact) mass is 337 g/mol. The first kappa shape index (κ1) is 17.6. The Kier molecular flexibility index (Phi) is 6.73. The third-order valence-corrected chi connectivity index (χ3v) is 4.76. The van der Waals surface area contributed by atoms with Crippen molar-refractivity contribution in [1.29, 1.82) is 0 Å². The molecule has 23 heavy (non-hydrogen) atoms. The molecule has 7 heteroatoms. The van der Waals surface area contributed by atoms with Crippen LogP contribution in [0.3, 0.4) is 0 Å². The molecular formula is C16H23N3O3S. The van der Waals surface area contributed by atoms with Gasteiger partial charge in [-0.15, -0.1) is 0 Å². The lowest BCUT2D eigenvalue weighted by Gasteiger charge is -2.14. The minimum atomic E-state index is -0.196. The molecule has 1 atom stereocenters. The van der Waals surface area contributed by atoms with Crippen molar-refractivity contribution in [3.8, 4) is 0 Å². The number of ether oxygens (including phenoxy) is 1. The number of urea groups is 1. The fourth-order valence-electron chi connectivity index (χ4n) is 2.31. The molecule has 2 rings (SSSR count). The summed E-state index contributed by atoms with van der Waals surface area (Å²) in [7, 11) is 1.59. The van der Waals surface area contributed by atoms with Crippen molar-refractivity contribution in [2.45, 2.75) is 19.4 Å². The van der Waals surface area contributed by atoms with Gasteiger partial charge in [-0.05, 0) is 42.9 Å². The Labute approximate surface area is 140 Å². The Hall–Kier alpha value is -1.73. The molecule has 1 aliphatic rings.